The lowest BCUT2D eigenvalue weighted by Crippen LogP contribution is -2.40. The Balaban J connectivity index is 1.56. The van der Waals surface area contributed by atoms with E-state index in [1.165, 1.54) is 33.7 Å². The van der Waals surface area contributed by atoms with E-state index in [4.69, 9.17) is 13.9 Å². The first kappa shape index (κ1) is 28.4. The molecule has 0 unspecified atom stereocenters. The molecule has 4 aromatic rings. The van der Waals surface area contributed by atoms with Gasteiger partial charge in [-0.3, -0.25) is 14.2 Å². The van der Waals surface area contributed by atoms with Gasteiger partial charge in [-0.05, 0) is 76.2 Å². The first-order valence-electron chi connectivity index (χ1n) is 12.9. The van der Waals surface area contributed by atoms with Crippen molar-refractivity contribution >= 4 is 35.1 Å². The number of carbonyl (C=O) groups is 1. The Hall–Kier alpha value is -4.16. The number of fused-ring (bicyclic) bond motifs is 1. The Bertz CT molecular complexity index is 1880. The largest absolute Gasteiger partial charge is 0.494 e. The Labute approximate surface area is 243 Å². The molecule has 212 valence electrons. The summed E-state index contributed by atoms with van der Waals surface area (Å²) in [5.41, 5.74) is 1.55. The van der Waals surface area contributed by atoms with E-state index >= 15 is 0 Å². The second kappa shape index (κ2) is 11.8. The Morgan fingerprint density at radius 2 is 1.95 bits per heavy atom. The molecule has 0 aliphatic carbocycles. The molecule has 1 aromatic carbocycles. The van der Waals surface area contributed by atoms with Crippen LogP contribution in [0.25, 0.3) is 6.08 Å². The van der Waals surface area contributed by atoms with Crippen LogP contribution in [-0.4, -0.2) is 33.2 Å². The minimum absolute atomic E-state index is 0.248. The Morgan fingerprint density at radius 1 is 1.20 bits per heavy atom. The van der Waals surface area contributed by atoms with Gasteiger partial charge in [0.25, 0.3) is 11.1 Å². The van der Waals surface area contributed by atoms with Gasteiger partial charge in [0.2, 0.25) is 0 Å². The van der Waals surface area contributed by atoms with E-state index in [9.17, 15) is 14.4 Å². The molecule has 41 heavy (non-hydrogen) atoms. The predicted molar refractivity (Wildman–Crippen MR) is 155 cm³/mol. The maximum absolute atomic E-state index is 13.8. The molecule has 0 spiro atoms. The van der Waals surface area contributed by atoms with Gasteiger partial charge in [-0.2, -0.15) is 0 Å². The fourth-order valence-electron chi connectivity index (χ4n) is 4.38. The summed E-state index contributed by atoms with van der Waals surface area (Å²) in [4.78, 5) is 50.9. The summed E-state index contributed by atoms with van der Waals surface area (Å²) >= 11 is 2.38. The van der Waals surface area contributed by atoms with Gasteiger partial charge in [0.05, 0.1) is 34.6 Å². The summed E-state index contributed by atoms with van der Waals surface area (Å²) in [7, 11) is 0. The van der Waals surface area contributed by atoms with Crippen LogP contribution in [-0.2, 0) is 9.53 Å². The molecule has 0 bridgehead atoms. The lowest BCUT2D eigenvalue weighted by atomic mass is 9.96. The first-order chi connectivity index (χ1) is 19.6. The van der Waals surface area contributed by atoms with Crippen molar-refractivity contribution in [3.05, 3.63) is 101 Å². The third-order valence-electron chi connectivity index (χ3n) is 6.01. The molecule has 4 heterocycles. The van der Waals surface area contributed by atoms with E-state index < -0.39 is 12.0 Å². The van der Waals surface area contributed by atoms with Crippen LogP contribution in [0.2, 0.25) is 0 Å². The maximum atomic E-state index is 13.8. The molecule has 10 nitrogen and oxygen atoms in total. The summed E-state index contributed by atoms with van der Waals surface area (Å²) in [6.07, 6.45) is 1.30. The Morgan fingerprint density at radius 3 is 2.63 bits per heavy atom. The standard InChI is InChI=1S/C29H28N4O6S2/c1-6-37-19-9-7-18(8-10-19)25-24(27(36)38-15(2)3)17(5)31-29-33(25)26(35)21(40-29)14-20-11-12-23(39-20)41-28-30-16(4)13-22(34)32-28/h7-15,25H,6H2,1-5H3,(H,30,32,34)/b21-14-/t25-/m1/s1. The summed E-state index contributed by atoms with van der Waals surface area (Å²) in [5.74, 6) is 0.609. The van der Waals surface area contributed by atoms with Gasteiger partial charge < -0.3 is 18.9 Å². The Kier molecular flexibility index (Phi) is 8.13. The van der Waals surface area contributed by atoms with Gasteiger partial charge in [-0.25, -0.2) is 14.8 Å². The zero-order valence-electron chi connectivity index (χ0n) is 23.1. The van der Waals surface area contributed by atoms with Gasteiger partial charge >= 0.3 is 5.97 Å². The SMILES string of the molecule is CCOc1ccc([C@@H]2C(C(=O)OC(C)C)=C(C)N=c3s/c(=C\c4ccc(Sc5nc(C)cc(=O)[nH]5)o4)c(=O)n32)cc1. The fourth-order valence-corrected chi connectivity index (χ4v) is 6.21. The molecule has 0 radical (unpaired) electrons. The third-order valence-corrected chi connectivity index (χ3v) is 7.80. The van der Waals surface area contributed by atoms with Gasteiger partial charge in [0.15, 0.2) is 15.1 Å². The van der Waals surface area contributed by atoms with Crippen LogP contribution < -0.4 is 25.2 Å². The number of hydrogen-bond donors (Lipinski definition) is 1. The molecule has 0 saturated carbocycles. The number of H-pyrrole nitrogens is 1. The number of furan rings is 1. The molecule has 12 heteroatoms. The second-order valence-electron chi connectivity index (χ2n) is 9.49. The number of allylic oxidation sites excluding steroid dienone is 1. The number of nitrogens with zero attached hydrogens (tertiary/aromatic N) is 3. The number of nitrogens with one attached hydrogen (secondary N) is 1. The van der Waals surface area contributed by atoms with Crippen molar-refractivity contribution in [3.63, 3.8) is 0 Å². The molecular formula is C29H28N4O6S2. The monoisotopic (exact) mass is 592 g/mol. The lowest BCUT2D eigenvalue weighted by molar-refractivity contribution is -0.143. The van der Waals surface area contributed by atoms with Gasteiger partial charge in [0, 0.05) is 17.8 Å². The van der Waals surface area contributed by atoms with Crippen molar-refractivity contribution in [1.29, 1.82) is 0 Å². The van der Waals surface area contributed by atoms with Gasteiger partial charge in [0.1, 0.15) is 11.5 Å². The molecule has 1 aliphatic heterocycles. The molecule has 5 rings (SSSR count). The molecule has 3 aromatic heterocycles. The molecule has 0 amide bonds. The molecule has 1 N–H and O–H groups in total. The van der Waals surface area contributed by atoms with E-state index in [0.717, 1.165) is 5.56 Å². The smallest absolute Gasteiger partial charge is 0.338 e. The quantitative estimate of drug-likeness (QED) is 0.242. The highest BCUT2D eigenvalue weighted by molar-refractivity contribution is 7.99. The van der Waals surface area contributed by atoms with Crippen LogP contribution in [0.5, 0.6) is 5.75 Å². The average molecular weight is 593 g/mol. The zero-order valence-corrected chi connectivity index (χ0v) is 24.7. The van der Waals surface area contributed by atoms with Gasteiger partial charge in [-0.1, -0.05) is 23.5 Å². The van der Waals surface area contributed by atoms with Crippen molar-refractivity contribution in [2.45, 2.75) is 57.0 Å². The predicted octanol–water partition coefficient (Wildman–Crippen LogP) is 3.72. The van der Waals surface area contributed by atoms with Crippen molar-refractivity contribution < 1.29 is 18.7 Å². The third kappa shape index (κ3) is 6.13. The minimum Gasteiger partial charge on any atom is -0.494 e. The number of ether oxygens (including phenoxy) is 2. The van der Waals surface area contributed by atoms with Gasteiger partial charge in [-0.15, -0.1) is 0 Å². The van der Waals surface area contributed by atoms with E-state index in [1.54, 1.807) is 45.9 Å². The number of benzene rings is 1. The van der Waals surface area contributed by atoms with Crippen molar-refractivity contribution in [3.8, 4) is 5.75 Å². The van der Waals surface area contributed by atoms with E-state index in [0.29, 0.717) is 54.7 Å². The maximum Gasteiger partial charge on any atom is 0.338 e. The molecule has 0 fully saturated rings. The number of esters is 1. The molecule has 1 atom stereocenters. The van der Waals surface area contributed by atoms with Crippen LogP contribution in [0.3, 0.4) is 0 Å². The highest BCUT2D eigenvalue weighted by Crippen LogP contribution is 2.32. The van der Waals surface area contributed by atoms with Crippen molar-refractivity contribution in [1.82, 2.24) is 14.5 Å². The highest BCUT2D eigenvalue weighted by atomic mass is 32.2. The van der Waals surface area contributed by atoms with E-state index in [1.807, 2.05) is 31.2 Å². The summed E-state index contributed by atoms with van der Waals surface area (Å²) < 4.78 is 19.0. The summed E-state index contributed by atoms with van der Waals surface area (Å²) in [6, 6.07) is 11.5. The van der Waals surface area contributed by atoms with Crippen LogP contribution in [0.1, 0.15) is 50.8 Å². The second-order valence-corrected chi connectivity index (χ2v) is 11.5. The lowest BCUT2D eigenvalue weighted by Gasteiger charge is -2.25. The summed E-state index contributed by atoms with van der Waals surface area (Å²) in [5, 5.41) is 0.904. The molecule has 0 saturated heterocycles. The average Bonchev–Trinajstić information content (AvgIpc) is 3.46. The van der Waals surface area contributed by atoms with E-state index in [2.05, 4.69) is 15.0 Å². The van der Waals surface area contributed by atoms with E-state index in [-0.39, 0.29) is 17.2 Å². The highest BCUT2D eigenvalue weighted by Gasteiger charge is 2.33. The van der Waals surface area contributed by atoms with Crippen LogP contribution in [0, 0.1) is 6.92 Å². The number of aryl methyl sites for hydroxylation is 1. The van der Waals surface area contributed by atoms with Crippen LogP contribution in [0.15, 0.2) is 83.0 Å². The number of thiazole rings is 1. The number of aromatic nitrogens is 3. The minimum atomic E-state index is -0.734. The topological polar surface area (TPSA) is 129 Å². The van der Waals surface area contributed by atoms with Crippen molar-refractivity contribution in [2.75, 3.05) is 6.61 Å². The molecular weight excluding hydrogens is 564 g/mol. The zero-order chi connectivity index (χ0) is 29.3. The normalized spacial score (nSPS) is 15.2. The first-order valence-corrected chi connectivity index (χ1v) is 14.6. The fraction of sp³-hybridized carbons (Fsp3) is 0.276. The number of rotatable bonds is 8. The number of aromatic amines is 1. The number of hydrogen-bond acceptors (Lipinski definition) is 10. The van der Waals surface area contributed by atoms with Crippen LogP contribution >= 0.6 is 23.1 Å². The van der Waals surface area contributed by atoms with Crippen LogP contribution in [0.4, 0.5) is 0 Å². The molecule has 1 aliphatic rings. The number of carbonyl (C=O) groups excluding carboxylic acids is 1. The summed E-state index contributed by atoms with van der Waals surface area (Å²) in [6.45, 7) is 9.46. The van der Waals surface area contributed by atoms with Crippen molar-refractivity contribution in [2.24, 2.45) is 4.99 Å².